The van der Waals surface area contributed by atoms with Crippen LogP contribution < -0.4 is 9.47 Å². The molecule has 0 saturated carbocycles. The molecule has 0 N–H and O–H groups in total. The van der Waals surface area contributed by atoms with Crippen LogP contribution in [0.3, 0.4) is 0 Å². The molecule has 144 valence electrons. The van der Waals surface area contributed by atoms with Crippen molar-refractivity contribution in [3.8, 4) is 17.5 Å². The van der Waals surface area contributed by atoms with E-state index in [1.807, 2.05) is 17.7 Å². The van der Waals surface area contributed by atoms with Gasteiger partial charge in [-0.2, -0.15) is 4.98 Å². The highest BCUT2D eigenvalue weighted by atomic mass is 79.9. The Bertz CT molecular complexity index is 963. The van der Waals surface area contributed by atoms with E-state index in [-0.39, 0.29) is 16.8 Å². The molecular formula is C20H21BrClFN2O2. The molecule has 0 radical (unpaired) electrons. The van der Waals surface area contributed by atoms with Crippen LogP contribution in [0.15, 0.2) is 28.7 Å². The molecule has 0 amide bonds. The zero-order chi connectivity index (χ0) is 19.7. The third-order valence-corrected chi connectivity index (χ3v) is 5.52. The SMILES string of the molecule is CCC(CC)c1ccc(OC)c2nc(Oc3c(F)cc(Br)cc3Cl)n(C)c12. The van der Waals surface area contributed by atoms with Crippen molar-refractivity contribution in [1.82, 2.24) is 9.55 Å². The Morgan fingerprint density at radius 1 is 1.26 bits per heavy atom. The molecule has 0 aliphatic heterocycles. The number of nitrogens with zero attached hydrogens (tertiary/aromatic N) is 2. The first-order valence-corrected chi connectivity index (χ1v) is 9.93. The van der Waals surface area contributed by atoms with Crippen molar-refractivity contribution in [2.45, 2.75) is 32.6 Å². The van der Waals surface area contributed by atoms with Gasteiger partial charge in [-0.05, 0) is 42.5 Å². The van der Waals surface area contributed by atoms with Gasteiger partial charge >= 0.3 is 6.01 Å². The molecule has 0 unspecified atom stereocenters. The maximum atomic E-state index is 14.3. The van der Waals surface area contributed by atoms with E-state index in [1.54, 1.807) is 13.2 Å². The van der Waals surface area contributed by atoms with E-state index >= 15 is 0 Å². The summed E-state index contributed by atoms with van der Waals surface area (Å²) in [4.78, 5) is 4.57. The van der Waals surface area contributed by atoms with Crippen LogP contribution in [0, 0.1) is 5.82 Å². The van der Waals surface area contributed by atoms with E-state index in [1.165, 1.54) is 11.6 Å². The summed E-state index contributed by atoms with van der Waals surface area (Å²) in [5.74, 6) is 0.414. The number of rotatable bonds is 6. The van der Waals surface area contributed by atoms with Crippen LogP contribution in [0.25, 0.3) is 11.0 Å². The summed E-state index contributed by atoms with van der Waals surface area (Å²) >= 11 is 9.38. The number of aryl methyl sites for hydroxylation is 1. The van der Waals surface area contributed by atoms with E-state index in [2.05, 4.69) is 40.8 Å². The Kier molecular flexibility index (Phi) is 5.96. The third kappa shape index (κ3) is 3.65. The normalized spacial score (nSPS) is 11.4. The van der Waals surface area contributed by atoms with Gasteiger partial charge in [0.25, 0.3) is 0 Å². The quantitative estimate of drug-likeness (QED) is 0.408. The van der Waals surface area contributed by atoms with E-state index in [0.717, 1.165) is 18.4 Å². The summed E-state index contributed by atoms with van der Waals surface area (Å²) in [5.41, 5.74) is 2.78. The van der Waals surface area contributed by atoms with Crippen molar-refractivity contribution >= 4 is 38.6 Å². The van der Waals surface area contributed by atoms with Gasteiger partial charge in [-0.25, -0.2) is 4.39 Å². The first-order valence-electron chi connectivity index (χ1n) is 8.76. The second-order valence-corrected chi connectivity index (χ2v) is 7.64. The van der Waals surface area contributed by atoms with Gasteiger partial charge in [0.2, 0.25) is 0 Å². The molecule has 0 aliphatic rings. The summed E-state index contributed by atoms with van der Waals surface area (Å²) in [6, 6.07) is 7.13. The highest BCUT2D eigenvalue weighted by Gasteiger charge is 2.22. The highest BCUT2D eigenvalue weighted by Crippen LogP contribution is 2.39. The Balaban J connectivity index is 2.18. The molecule has 3 rings (SSSR count). The monoisotopic (exact) mass is 454 g/mol. The van der Waals surface area contributed by atoms with Gasteiger partial charge in [-0.1, -0.05) is 47.4 Å². The topological polar surface area (TPSA) is 36.3 Å². The Hall–Kier alpha value is -1.79. The lowest BCUT2D eigenvalue weighted by Gasteiger charge is -2.16. The van der Waals surface area contributed by atoms with Gasteiger partial charge in [0.15, 0.2) is 11.6 Å². The predicted octanol–water partition coefficient (Wildman–Crippen LogP) is 6.83. The zero-order valence-corrected chi connectivity index (χ0v) is 18.0. The molecule has 4 nitrogen and oxygen atoms in total. The van der Waals surface area contributed by atoms with E-state index < -0.39 is 5.82 Å². The Morgan fingerprint density at radius 3 is 2.56 bits per heavy atom. The van der Waals surface area contributed by atoms with Crippen LogP contribution in [-0.2, 0) is 7.05 Å². The first-order chi connectivity index (χ1) is 12.9. The number of aromatic nitrogens is 2. The van der Waals surface area contributed by atoms with Gasteiger partial charge in [0.05, 0.1) is 17.6 Å². The molecule has 7 heteroatoms. The van der Waals surface area contributed by atoms with Crippen molar-refractivity contribution in [2.75, 3.05) is 7.11 Å². The Labute approximate surface area is 171 Å². The lowest BCUT2D eigenvalue weighted by Crippen LogP contribution is -2.02. The van der Waals surface area contributed by atoms with Crippen molar-refractivity contribution < 1.29 is 13.9 Å². The summed E-state index contributed by atoms with van der Waals surface area (Å²) < 4.78 is 28.0. The van der Waals surface area contributed by atoms with Crippen LogP contribution in [-0.4, -0.2) is 16.7 Å². The molecule has 1 aromatic heterocycles. The number of benzene rings is 2. The minimum absolute atomic E-state index is 0.0543. The van der Waals surface area contributed by atoms with E-state index in [9.17, 15) is 4.39 Å². The fourth-order valence-corrected chi connectivity index (χ4v) is 4.14. The summed E-state index contributed by atoms with van der Waals surface area (Å²) in [5, 5.41) is 0.168. The standard InChI is InChI=1S/C20H21BrClFN2O2/c1-5-11(6-2)13-7-8-16(26-4)17-18(13)25(3)20(24-17)27-19-14(22)9-12(21)10-15(19)23/h7-11H,5-6H2,1-4H3. The van der Waals surface area contributed by atoms with Crippen LogP contribution in [0.5, 0.6) is 17.5 Å². The van der Waals surface area contributed by atoms with Crippen LogP contribution >= 0.6 is 27.5 Å². The molecule has 2 aromatic carbocycles. The molecule has 1 heterocycles. The molecule has 0 atom stereocenters. The lowest BCUT2D eigenvalue weighted by atomic mass is 9.92. The number of halogens is 3. The second-order valence-electron chi connectivity index (χ2n) is 6.32. The summed E-state index contributed by atoms with van der Waals surface area (Å²) in [6.45, 7) is 4.32. The van der Waals surface area contributed by atoms with Crippen LogP contribution in [0.2, 0.25) is 5.02 Å². The van der Waals surface area contributed by atoms with Crippen LogP contribution in [0.1, 0.15) is 38.2 Å². The van der Waals surface area contributed by atoms with Gasteiger partial charge in [0, 0.05) is 11.5 Å². The van der Waals surface area contributed by atoms with Crippen molar-refractivity contribution in [3.63, 3.8) is 0 Å². The number of hydrogen-bond acceptors (Lipinski definition) is 3. The molecular weight excluding hydrogens is 435 g/mol. The number of hydrogen-bond donors (Lipinski definition) is 0. The predicted molar refractivity (Wildman–Crippen MR) is 110 cm³/mol. The average Bonchev–Trinajstić information content (AvgIpc) is 2.96. The van der Waals surface area contributed by atoms with E-state index in [0.29, 0.717) is 21.7 Å². The molecule has 0 aliphatic carbocycles. The second kappa shape index (κ2) is 8.07. The molecule has 27 heavy (non-hydrogen) atoms. The highest BCUT2D eigenvalue weighted by molar-refractivity contribution is 9.10. The van der Waals surface area contributed by atoms with Gasteiger partial charge in [0.1, 0.15) is 11.3 Å². The fourth-order valence-electron chi connectivity index (χ4n) is 3.34. The van der Waals surface area contributed by atoms with Gasteiger partial charge in [-0.3, -0.25) is 4.57 Å². The smallest absolute Gasteiger partial charge is 0.302 e. The molecule has 0 fully saturated rings. The van der Waals surface area contributed by atoms with Crippen molar-refractivity contribution in [1.29, 1.82) is 0 Å². The Morgan fingerprint density at radius 2 is 1.96 bits per heavy atom. The lowest BCUT2D eigenvalue weighted by molar-refractivity contribution is 0.399. The molecule has 0 bridgehead atoms. The maximum absolute atomic E-state index is 14.3. The fraction of sp³-hybridized carbons (Fsp3) is 0.350. The van der Waals surface area contributed by atoms with Crippen molar-refractivity contribution in [3.05, 3.63) is 45.1 Å². The maximum Gasteiger partial charge on any atom is 0.302 e. The van der Waals surface area contributed by atoms with E-state index in [4.69, 9.17) is 21.1 Å². The third-order valence-electron chi connectivity index (χ3n) is 4.78. The van der Waals surface area contributed by atoms with Crippen LogP contribution in [0.4, 0.5) is 4.39 Å². The zero-order valence-electron chi connectivity index (χ0n) is 15.6. The number of methoxy groups -OCH3 is 1. The summed E-state index contributed by atoms with van der Waals surface area (Å²) in [6.07, 6.45) is 2.01. The minimum Gasteiger partial charge on any atom is -0.494 e. The summed E-state index contributed by atoms with van der Waals surface area (Å²) in [7, 11) is 3.45. The average molecular weight is 456 g/mol. The molecule has 0 spiro atoms. The number of fused-ring (bicyclic) bond motifs is 1. The number of imidazole rings is 1. The van der Waals surface area contributed by atoms with Gasteiger partial charge < -0.3 is 9.47 Å². The first kappa shape index (κ1) is 20.0. The largest absolute Gasteiger partial charge is 0.494 e. The van der Waals surface area contributed by atoms with Crippen molar-refractivity contribution in [2.24, 2.45) is 7.05 Å². The minimum atomic E-state index is -0.561. The van der Waals surface area contributed by atoms with Gasteiger partial charge in [-0.15, -0.1) is 0 Å². The molecule has 0 saturated heterocycles. The molecule has 3 aromatic rings. The number of ether oxygens (including phenoxy) is 2.